The first-order chi connectivity index (χ1) is 14.6. The molecule has 0 unspecified atom stereocenters. The van der Waals surface area contributed by atoms with Crippen LogP contribution in [0.4, 0.5) is 0 Å². The van der Waals surface area contributed by atoms with Gasteiger partial charge in [0.1, 0.15) is 0 Å². The molecule has 0 spiro atoms. The fourth-order valence-electron chi connectivity index (χ4n) is 3.38. The maximum Gasteiger partial charge on any atom is 0.338 e. The van der Waals surface area contributed by atoms with E-state index in [0.29, 0.717) is 17.7 Å². The van der Waals surface area contributed by atoms with Gasteiger partial charge >= 0.3 is 5.97 Å². The Morgan fingerprint density at radius 1 is 0.968 bits per heavy atom. The first-order valence-corrected chi connectivity index (χ1v) is 11.2. The third-order valence-electron chi connectivity index (χ3n) is 5.15. The number of Topliss-reactive ketones (excluding diaryl/α,β-unsaturated/α-hetero) is 1. The summed E-state index contributed by atoms with van der Waals surface area (Å²) in [6.45, 7) is 5.59. The topological polar surface area (TPSA) is 108 Å². The number of rotatable bonds is 7. The summed E-state index contributed by atoms with van der Waals surface area (Å²) in [4.78, 5) is 25.0. The summed E-state index contributed by atoms with van der Waals surface area (Å²) < 4.78 is 30.3. The molecule has 162 valence electrons. The van der Waals surface area contributed by atoms with Crippen molar-refractivity contribution < 1.29 is 22.7 Å². The van der Waals surface area contributed by atoms with Crippen molar-refractivity contribution in [1.29, 1.82) is 0 Å². The van der Waals surface area contributed by atoms with Crippen molar-refractivity contribution in [2.45, 2.75) is 32.2 Å². The number of nitrogens with two attached hydrogens (primary N) is 1. The summed E-state index contributed by atoms with van der Waals surface area (Å²) in [7, 11) is -3.96. The van der Waals surface area contributed by atoms with Gasteiger partial charge in [-0.25, -0.2) is 18.4 Å². The number of aromatic nitrogens is 1. The van der Waals surface area contributed by atoms with Crippen LogP contribution in [0.25, 0.3) is 0 Å². The Morgan fingerprint density at radius 3 is 2.29 bits per heavy atom. The van der Waals surface area contributed by atoms with Crippen LogP contribution in [0.15, 0.2) is 59.5 Å². The number of esters is 1. The van der Waals surface area contributed by atoms with Gasteiger partial charge in [-0.05, 0) is 50.1 Å². The van der Waals surface area contributed by atoms with E-state index in [1.807, 2.05) is 48.7 Å². The number of aryl methyl sites for hydroxylation is 2. The van der Waals surface area contributed by atoms with Gasteiger partial charge in [-0.3, -0.25) is 4.79 Å². The molecule has 0 atom stereocenters. The highest BCUT2D eigenvalue weighted by Crippen LogP contribution is 2.19. The molecular weight excluding hydrogens is 416 g/mol. The average Bonchev–Trinajstić information content (AvgIpc) is 3.00. The van der Waals surface area contributed by atoms with Gasteiger partial charge < -0.3 is 9.30 Å². The Hall–Kier alpha value is -3.23. The number of hydrogen-bond donors (Lipinski definition) is 1. The van der Waals surface area contributed by atoms with Crippen LogP contribution >= 0.6 is 0 Å². The lowest BCUT2D eigenvalue weighted by Gasteiger charge is -2.10. The minimum Gasteiger partial charge on any atom is -0.454 e. The van der Waals surface area contributed by atoms with E-state index in [4.69, 9.17) is 9.88 Å². The lowest BCUT2D eigenvalue weighted by molar-refractivity contribution is 0.0473. The highest BCUT2D eigenvalue weighted by molar-refractivity contribution is 7.89. The fraction of sp³-hybridized carbons (Fsp3) is 0.217. The summed E-state index contributed by atoms with van der Waals surface area (Å²) in [5, 5.41) is 5.13. The number of carbonyl (C=O) groups is 2. The van der Waals surface area contributed by atoms with E-state index < -0.39 is 22.6 Å². The Morgan fingerprint density at radius 2 is 1.65 bits per heavy atom. The van der Waals surface area contributed by atoms with Crippen molar-refractivity contribution in [1.82, 2.24) is 4.57 Å². The van der Waals surface area contributed by atoms with E-state index in [1.54, 1.807) is 13.0 Å². The number of ether oxygens (including phenoxy) is 1. The molecule has 0 amide bonds. The molecule has 0 aliphatic heterocycles. The Labute approximate surface area is 181 Å². The van der Waals surface area contributed by atoms with E-state index in [9.17, 15) is 18.0 Å². The lowest BCUT2D eigenvalue weighted by atomic mass is 10.1. The van der Waals surface area contributed by atoms with Crippen molar-refractivity contribution in [3.8, 4) is 0 Å². The van der Waals surface area contributed by atoms with Gasteiger partial charge in [-0.1, -0.05) is 36.4 Å². The van der Waals surface area contributed by atoms with Crippen molar-refractivity contribution in [2.24, 2.45) is 5.14 Å². The Balaban J connectivity index is 1.74. The number of sulfonamides is 1. The maximum atomic E-state index is 12.7. The number of nitrogens with zero attached hydrogens (tertiary/aromatic N) is 1. The predicted molar refractivity (Wildman–Crippen MR) is 117 cm³/mol. The van der Waals surface area contributed by atoms with Crippen molar-refractivity contribution in [3.63, 3.8) is 0 Å². The highest BCUT2D eigenvalue weighted by Gasteiger charge is 2.20. The second-order valence-electron chi connectivity index (χ2n) is 7.38. The summed E-state index contributed by atoms with van der Waals surface area (Å²) in [5.41, 5.74) is 3.87. The largest absolute Gasteiger partial charge is 0.454 e. The van der Waals surface area contributed by atoms with Crippen LogP contribution in [0.2, 0.25) is 0 Å². The average molecular weight is 441 g/mol. The smallest absolute Gasteiger partial charge is 0.338 e. The molecule has 1 heterocycles. The van der Waals surface area contributed by atoms with Gasteiger partial charge in [0.05, 0.1) is 10.5 Å². The minimum absolute atomic E-state index is 0.0499. The summed E-state index contributed by atoms with van der Waals surface area (Å²) in [5.74, 6) is -1.12. The van der Waals surface area contributed by atoms with Crippen LogP contribution in [0, 0.1) is 20.8 Å². The number of ketones is 1. The number of hydrogen-bond acceptors (Lipinski definition) is 5. The number of benzene rings is 2. The fourth-order valence-corrected chi connectivity index (χ4v) is 3.92. The van der Waals surface area contributed by atoms with Crippen molar-refractivity contribution in [3.05, 3.63) is 88.2 Å². The van der Waals surface area contributed by atoms with Gasteiger partial charge in [0.25, 0.3) is 0 Å². The van der Waals surface area contributed by atoms with E-state index >= 15 is 0 Å². The van der Waals surface area contributed by atoms with Gasteiger partial charge in [0.2, 0.25) is 15.8 Å². The zero-order valence-corrected chi connectivity index (χ0v) is 18.4. The molecule has 7 nitrogen and oxygen atoms in total. The monoisotopic (exact) mass is 440 g/mol. The molecule has 31 heavy (non-hydrogen) atoms. The normalized spacial score (nSPS) is 11.4. The molecule has 0 radical (unpaired) electrons. The molecule has 0 aliphatic carbocycles. The lowest BCUT2D eigenvalue weighted by Crippen LogP contribution is -2.17. The second-order valence-corrected chi connectivity index (χ2v) is 8.94. The van der Waals surface area contributed by atoms with E-state index in [-0.39, 0.29) is 16.2 Å². The third-order valence-corrected chi connectivity index (χ3v) is 6.06. The number of carbonyl (C=O) groups excluding carboxylic acids is 2. The third kappa shape index (κ3) is 5.10. The molecule has 0 saturated carbocycles. The van der Waals surface area contributed by atoms with Crippen LogP contribution in [0.5, 0.6) is 0 Å². The van der Waals surface area contributed by atoms with E-state index in [2.05, 4.69) is 0 Å². The van der Waals surface area contributed by atoms with Crippen LogP contribution < -0.4 is 5.14 Å². The Bertz CT molecular complexity index is 1240. The van der Waals surface area contributed by atoms with Crippen molar-refractivity contribution in [2.75, 3.05) is 6.61 Å². The first-order valence-electron chi connectivity index (χ1n) is 9.62. The molecular formula is C23H24N2O5S. The quantitative estimate of drug-likeness (QED) is 0.448. The molecule has 3 rings (SSSR count). The molecule has 3 aromatic rings. The zero-order chi connectivity index (χ0) is 22.8. The van der Waals surface area contributed by atoms with Crippen molar-refractivity contribution >= 4 is 21.8 Å². The molecule has 2 N–H and O–H groups in total. The number of primary sulfonamides is 1. The zero-order valence-electron chi connectivity index (χ0n) is 17.6. The molecule has 1 aromatic heterocycles. The minimum atomic E-state index is -3.96. The van der Waals surface area contributed by atoms with Crippen LogP contribution in [0.3, 0.4) is 0 Å². The summed E-state index contributed by atoms with van der Waals surface area (Å²) >= 11 is 0. The SMILES string of the molecule is Cc1ccc(S(N)(=O)=O)cc1C(=O)OCC(=O)c1cc(C)n(Cc2ccccc2)c1C. The van der Waals surface area contributed by atoms with Gasteiger partial charge in [-0.2, -0.15) is 0 Å². The summed E-state index contributed by atoms with van der Waals surface area (Å²) in [6.07, 6.45) is 0. The first kappa shape index (κ1) is 22.5. The Kier molecular flexibility index (Phi) is 6.42. The van der Waals surface area contributed by atoms with Gasteiger partial charge in [0, 0.05) is 23.5 Å². The highest BCUT2D eigenvalue weighted by atomic mass is 32.2. The molecule has 0 fully saturated rings. The van der Waals surface area contributed by atoms with E-state index in [0.717, 1.165) is 23.0 Å². The predicted octanol–water partition coefficient (Wildman–Crippen LogP) is 3.15. The maximum absolute atomic E-state index is 12.7. The van der Waals surface area contributed by atoms with Crippen LogP contribution in [-0.2, 0) is 21.3 Å². The van der Waals surface area contributed by atoms with Crippen LogP contribution in [-0.4, -0.2) is 31.3 Å². The van der Waals surface area contributed by atoms with Gasteiger partial charge in [0.15, 0.2) is 6.61 Å². The second kappa shape index (κ2) is 8.87. The standard InChI is InChI=1S/C23H24N2O5S/c1-15-9-10-19(31(24,28)29)12-20(15)23(27)30-14-22(26)21-11-16(2)25(17(21)3)13-18-7-5-4-6-8-18/h4-12H,13-14H2,1-3H3,(H2,24,28,29). The molecule has 0 aliphatic rings. The van der Waals surface area contributed by atoms with Gasteiger partial charge in [-0.15, -0.1) is 0 Å². The molecule has 0 saturated heterocycles. The molecule has 2 aromatic carbocycles. The van der Waals surface area contributed by atoms with E-state index in [1.165, 1.54) is 12.1 Å². The van der Waals surface area contributed by atoms with Crippen LogP contribution in [0.1, 0.15) is 43.2 Å². The summed E-state index contributed by atoms with van der Waals surface area (Å²) in [6, 6.07) is 15.6. The molecule has 8 heteroatoms. The molecule has 0 bridgehead atoms.